The van der Waals surface area contributed by atoms with Crippen molar-refractivity contribution in [2.24, 2.45) is 4.99 Å². The van der Waals surface area contributed by atoms with E-state index in [2.05, 4.69) is 17.4 Å². The minimum absolute atomic E-state index is 0.657. The Morgan fingerprint density at radius 1 is 1.22 bits per heavy atom. The number of hydrogen-bond acceptors (Lipinski definition) is 3. The van der Waals surface area contributed by atoms with Crippen LogP contribution in [0.15, 0.2) is 59.6 Å². The number of thioether (sulfide) groups is 1. The van der Waals surface area contributed by atoms with Crippen molar-refractivity contribution in [1.29, 1.82) is 0 Å². The molecule has 3 rings (SSSR count). The Balaban J connectivity index is 1.67. The van der Waals surface area contributed by atoms with Crippen molar-refractivity contribution in [2.45, 2.75) is 6.54 Å². The molecular weight excluding hydrogens is 346 g/mol. The lowest BCUT2D eigenvalue weighted by atomic mass is 10.2. The summed E-state index contributed by atoms with van der Waals surface area (Å²) in [4.78, 5) is 6.75. The topological polar surface area (TPSA) is 27.6 Å². The second-order valence-corrected chi connectivity index (χ2v) is 6.91. The first-order chi connectivity index (χ1) is 11.2. The summed E-state index contributed by atoms with van der Waals surface area (Å²) in [5, 5.41) is 5.54. The largest absolute Gasteiger partial charge is 0.332 e. The van der Waals surface area contributed by atoms with Gasteiger partial charge in [0.05, 0.1) is 6.54 Å². The van der Waals surface area contributed by atoms with Crippen molar-refractivity contribution in [3.05, 3.63) is 65.2 Å². The monoisotopic (exact) mass is 361 g/mol. The number of rotatable bonds is 3. The normalized spacial score (nSPS) is 15.9. The average molecular weight is 362 g/mol. The lowest BCUT2D eigenvalue weighted by Gasteiger charge is -2.20. The van der Waals surface area contributed by atoms with Gasteiger partial charge in [0.15, 0.2) is 10.3 Å². The Morgan fingerprint density at radius 2 is 2.04 bits per heavy atom. The molecule has 0 saturated carbocycles. The second-order valence-electron chi connectivity index (χ2n) is 5.03. The van der Waals surface area contributed by atoms with Gasteiger partial charge >= 0.3 is 0 Å². The van der Waals surface area contributed by atoms with E-state index >= 15 is 0 Å². The van der Waals surface area contributed by atoms with E-state index < -0.39 is 0 Å². The van der Waals surface area contributed by atoms with Crippen molar-refractivity contribution in [1.82, 2.24) is 4.90 Å². The van der Waals surface area contributed by atoms with Gasteiger partial charge in [0.1, 0.15) is 0 Å². The Kier molecular flexibility index (Phi) is 5.54. The van der Waals surface area contributed by atoms with Gasteiger partial charge in [0, 0.05) is 23.0 Å². The molecule has 1 saturated heterocycles. The van der Waals surface area contributed by atoms with Gasteiger partial charge in [-0.3, -0.25) is 9.89 Å². The summed E-state index contributed by atoms with van der Waals surface area (Å²) < 4.78 is 0. The summed E-state index contributed by atoms with van der Waals surface area (Å²) in [7, 11) is 0. The number of hydrogen-bond donors (Lipinski definition) is 1. The summed E-state index contributed by atoms with van der Waals surface area (Å²) in [6, 6.07) is 17.8. The lowest BCUT2D eigenvalue weighted by molar-refractivity contribution is 0.682. The van der Waals surface area contributed by atoms with Crippen molar-refractivity contribution < 1.29 is 0 Å². The van der Waals surface area contributed by atoms with Gasteiger partial charge in [0.2, 0.25) is 0 Å². The molecule has 1 heterocycles. The molecule has 2 aromatic carbocycles. The molecule has 1 aliphatic heterocycles. The molecule has 1 N–H and O–H groups in total. The number of thiocarbonyl (C=S) groups is 1. The van der Waals surface area contributed by atoms with Crippen LogP contribution in [0.2, 0.25) is 5.02 Å². The molecule has 23 heavy (non-hydrogen) atoms. The Bertz CT molecular complexity index is 719. The zero-order chi connectivity index (χ0) is 16.1. The van der Waals surface area contributed by atoms with Crippen molar-refractivity contribution >= 4 is 51.5 Å². The maximum Gasteiger partial charge on any atom is 0.179 e. The summed E-state index contributed by atoms with van der Waals surface area (Å²) in [6.45, 7) is 1.53. The summed E-state index contributed by atoms with van der Waals surface area (Å²) in [5.74, 6) is 0.991. The van der Waals surface area contributed by atoms with E-state index in [0.717, 1.165) is 23.2 Å². The highest BCUT2D eigenvalue weighted by Gasteiger charge is 2.23. The predicted molar refractivity (Wildman–Crippen MR) is 104 cm³/mol. The molecule has 2 aromatic rings. The van der Waals surface area contributed by atoms with Crippen LogP contribution >= 0.6 is 35.6 Å². The van der Waals surface area contributed by atoms with Crippen molar-refractivity contribution in [2.75, 3.05) is 17.6 Å². The summed E-state index contributed by atoms with van der Waals surface area (Å²) in [6.07, 6.45) is 0. The van der Waals surface area contributed by atoms with Gasteiger partial charge in [-0.05, 0) is 36.0 Å². The Morgan fingerprint density at radius 3 is 2.83 bits per heavy atom. The fraction of sp³-hybridized carbons (Fsp3) is 0.176. The van der Waals surface area contributed by atoms with Crippen LogP contribution < -0.4 is 5.32 Å². The highest BCUT2D eigenvalue weighted by atomic mass is 35.5. The van der Waals surface area contributed by atoms with Gasteiger partial charge in [-0.1, -0.05) is 59.8 Å². The molecule has 0 radical (unpaired) electrons. The standard InChI is InChI=1S/C17H16ClN3S2/c18-14-7-4-8-15(11-14)20-16(22)21-9-10-23-17(21)19-12-13-5-2-1-3-6-13/h1-8,11H,9-10,12H2,(H,20,22). The predicted octanol–water partition coefficient (Wildman–Crippen LogP) is 4.64. The Hall–Kier alpha value is -1.56. The van der Waals surface area contributed by atoms with Gasteiger partial charge in [-0.15, -0.1) is 0 Å². The molecule has 0 unspecified atom stereocenters. The zero-order valence-corrected chi connectivity index (χ0v) is 14.8. The SMILES string of the molecule is S=C(Nc1cccc(Cl)c1)N1CCSC1=NCc1ccccc1. The van der Waals surface area contributed by atoms with Crippen LogP contribution in [0.4, 0.5) is 5.69 Å². The number of amidine groups is 1. The number of nitrogens with zero attached hydrogens (tertiary/aromatic N) is 2. The molecule has 0 aliphatic carbocycles. The van der Waals surface area contributed by atoms with Crippen molar-refractivity contribution in [3.63, 3.8) is 0 Å². The highest BCUT2D eigenvalue weighted by molar-refractivity contribution is 8.14. The number of benzene rings is 2. The fourth-order valence-electron chi connectivity index (χ4n) is 2.22. The van der Waals surface area contributed by atoms with E-state index in [0.29, 0.717) is 16.7 Å². The van der Waals surface area contributed by atoms with Gasteiger partial charge in [0.25, 0.3) is 0 Å². The number of halogens is 1. The molecule has 0 spiro atoms. The van der Waals surface area contributed by atoms with Crippen LogP contribution in [0.3, 0.4) is 0 Å². The van der Waals surface area contributed by atoms with Gasteiger partial charge in [-0.25, -0.2) is 0 Å². The average Bonchev–Trinajstić information content (AvgIpc) is 3.02. The smallest absolute Gasteiger partial charge is 0.179 e. The Labute approximate surface area is 150 Å². The molecule has 118 valence electrons. The van der Waals surface area contributed by atoms with E-state index in [1.807, 2.05) is 47.4 Å². The van der Waals surface area contributed by atoms with Gasteiger partial charge in [-0.2, -0.15) is 0 Å². The summed E-state index contributed by atoms with van der Waals surface area (Å²) in [5.41, 5.74) is 2.09. The molecule has 1 fully saturated rings. The van der Waals surface area contributed by atoms with E-state index in [1.54, 1.807) is 11.8 Å². The first kappa shape index (κ1) is 16.3. The van der Waals surface area contributed by atoms with Crippen LogP contribution in [-0.2, 0) is 6.54 Å². The molecular formula is C17H16ClN3S2. The number of aliphatic imine (C=N–C) groups is 1. The third kappa shape index (κ3) is 4.47. The molecule has 6 heteroatoms. The second kappa shape index (κ2) is 7.81. The molecule has 3 nitrogen and oxygen atoms in total. The lowest BCUT2D eigenvalue weighted by Crippen LogP contribution is -2.35. The van der Waals surface area contributed by atoms with Crippen LogP contribution in [-0.4, -0.2) is 27.5 Å². The maximum atomic E-state index is 6.01. The minimum atomic E-state index is 0.657. The minimum Gasteiger partial charge on any atom is -0.332 e. The first-order valence-corrected chi connectivity index (χ1v) is 9.05. The molecule has 0 aromatic heterocycles. The number of anilines is 1. The third-order valence-electron chi connectivity index (χ3n) is 3.34. The maximum absolute atomic E-state index is 6.01. The fourth-order valence-corrected chi connectivity index (χ4v) is 3.72. The van der Waals surface area contributed by atoms with Crippen LogP contribution in [0.1, 0.15) is 5.56 Å². The highest BCUT2D eigenvalue weighted by Crippen LogP contribution is 2.21. The number of nitrogens with one attached hydrogen (secondary N) is 1. The molecule has 1 aliphatic rings. The molecule has 0 atom stereocenters. The van der Waals surface area contributed by atoms with E-state index in [-0.39, 0.29) is 0 Å². The zero-order valence-electron chi connectivity index (χ0n) is 12.4. The van der Waals surface area contributed by atoms with E-state index in [1.165, 1.54) is 5.56 Å². The van der Waals surface area contributed by atoms with Crippen LogP contribution in [0, 0.1) is 0 Å². The van der Waals surface area contributed by atoms with Gasteiger partial charge < -0.3 is 5.32 Å². The molecule has 0 amide bonds. The first-order valence-electron chi connectivity index (χ1n) is 7.27. The third-order valence-corrected chi connectivity index (χ3v) is 4.89. The van der Waals surface area contributed by atoms with Crippen molar-refractivity contribution in [3.8, 4) is 0 Å². The quantitative estimate of drug-likeness (QED) is 0.806. The van der Waals surface area contributed by atoms with E-state index in [9.17, 15) is 0 Å². The van der Waals surface area contributed by atoms with E-state index in [4.69, 9.17) is 28.8 Å². The van der Waals surface area contributed by atoms with Crippen LogP contribution in [0.25, 0.3) is 0 Å². The summed E-state index contributed by atoms with van der Waals surface area (Å²) >= 11 is 13.3. The molecule has 0 bridgehead atoms. The van der Waals surface area contributed by atoms with Crippen LogP contribution in [0.5, 0.6) is 0 Å².